The normalized spacial score (nSPS) is 20.4. The third-order valence-corrected chi connectivity index (χ3v) is 5.62. The highest BCUT2D eigenvalue weighted by Crippen LogP contribution is 2.32. The van der Waals surface area contributed by atoms with E-state index in [1.54, 1.807) is 6.07 Å². The molecule has 0 radical (unpaired) electrons. The highest BCUT2D eigenvalue weighted by molar-refractivity contribution is 5.96. The van der Waals surface area contributed by atoms with E-state index in [0.717, 1.165) is 23.8 Å². The quantitative estimate of drug-likeness (QED) is 0.711. The van der Waals surface area contributed by atoms with Crippen LogP contribution in [0.15, 0.2) is 64.7 Å². The summed E-state index contributed by atoms with van der Waals surface area (Å²) in [5.41, 5.74) is 11.8. The number of nitrogens with zero attached hydrogens (tertiary/aromatic N) is 3. The van der Waals surface area contributed by atoms with Gasteiger partial charge in [0.1, 0.15) is 11.4 Å². The van der Waals surface area contributed by atoms with Crippen LogP contribution in [0.4, 0.5) is 5.69 Å². The van der Waals surface area contributed by atoms with E-state index in [1.165, 1.54) is 16.7 Å². The van der Waals surface area contributed by atoms with Crippen molar-refractivity contribution in [2.45, 2.75) is 45.8 Å². The summed E-state index contributed by atoms with van der Waals surface area (Å²) in [5, 5.41) is 13.9. The Labute approximate surface area is 177 Å². The Bertz CT molecular complexity index is 1020. The summed E-state index contributed by atoms with van der Waals surface area (Å²) in [4.78, 5) is 11.8. The topological polar surface area (TPSA) is 86.8 Å². The summed E-state index contributed by atoms with van der Waals surface area (Å²) < 4.78 is 0. The number of fused-ring (bicyclic) bond motifs is 1. The van der Waals surface area contributed by atoms with Gasteiger partial charge in [0.2, 0.25) is 0 Å². The minimum absolute atomic E-state index is 0.0552. The first kappa shape index (κ1) is 20.2. The third-order valence-electron chi connectivity index (χ3n) is 5.62. The first-order valence-electron chi connectivity index (χ1n) is 10.4. The van der Waals surface area contributed by atoms with Crippen molar-refractivity contribution in [1.29, 1.82) is 0 Å². The largest absolute Gasteiger partial charge is 0.506 e. The zero-order valence-electron chi connectivity index (χ0n) is 17.8. The van der Waals surface area contributed by atoms with Crippen LogP contribution in [0.1, 0.15) is 30.8 Å². The molecule has 0 amide bonds. The van der Waals surface area contributed by atoms with Crippen LogP contribution < -0.4 is 11.1 Å². The minimum Gasteiger partial charge on any atom is -0.506 e. The molecule has 6 nitrogen and oxygen atoms in total. The van der Waals surface area contributed by atoms with Crippen LogP contribution in [-0.2, 0) is 13.0 Å². The van der Waals surface area contributed by atoms with Crippen molar-refractivity contribution in [3.05, 3.63) is 76.6 Å². The van der Waals surface area contributed by atoms with Gasteiger partial charge < -0.3 is 21.1 Å². The second-order valence-electron chi connectivity index (χ2n) is 8.09. The van der Waals surface area contributed by atoms with E-state index in [0.29, 0.717) is 18.8 Å². The van der Waals surface area contributed by atoms with Gasteiger partial charge in [-0.25, -0.2) is 4.99 Å². The number of anilines is 1. The molecule has 1 aliphatic carbocycles. The molecule has 1 aliphatic heterocycles. The summed E-state index contributed by atoms with van der Waals surface area (Å²) in [6.45, 7) is 7.29. The fourth-order valence-electron chi connectivity index (χ4n) is 4.12. The number of allylic oxidation sites excluding steroid dienone is 2. The number of nitrogens with one attached hydrogen (secondary N) is 1. The number of aliphatic imine (C=N–C) groups is 1. The third kappa shape index (κ3) is 4.09. The molecule has 1 aromatic heterocycles. The Morgan fingerprint density at radius 2 is 1.87 bits per heavy atom. The average molecular weight is 404 g/mol. The van der Waals surface area contributed by atoms with Crippen molar-refractivity contribution in [3.63, 3.8) is 0 Å². The van der Waals surface area contributed by atoms with Gasteiger partial charge in [0.25, 0.3) is 0 Å². The number of hydrogen-bond acceptors (Lipinski definition) is 6. The zero-order valence-corrected chi connectivity index (χ0v) is 17.8. The zero-order chi connectivity index (χ0) is 21.3. The monoisotopic (exact) mass is 403 g/mol. The van der Waals surface area contributed by atoms with Gasteiger partial charge in [0.15, 0.2) is 5.96 Å². The van der Waals surface area contributed by atoms with Gasteiger partial charge >= 0.3 is 0 Å². The molecule has 156 valence electrons. The SMILES string of the molecule is CC1=CC2C(N=C(Nc3ccc(CCN)cc3)N2Cc2nc(C)ccc2O)C(C)=C1. The van der Waals surface area contributed by atoms with E-state index < -0.39 is 0 Å². The number of pyridine rings is 1. The summed E-state index contributed by atoms with van der Waals surface area (Å²) in [6, 6.07) is 12.0. The van der Waals surface area contributed by atoms with Gasteiger partial charge in [0.05, 0.1) is 18.6 Å². The average Bonchev–Trinajstić information content (AvgIpc) is 3.04. The highest BCUT2D eigenvalue weighted by Gasteiger charge is 2.38. The summed E-state index contributed by atoms with van der Waals surface area (Å²) in [7, 11) is 0. The number of guanidine groups is 1. The van der Waals surface area contributed by atoms with Gasteiger partial charge in [-0.1, -0.05) is 29.9 Å². The number of nitrogens with two attached hydrogens (primary N) is 1. The van der Waals surface area contributed by atoms with E-state index in [-0.39, 0.29) is 17.8 Å². The van der Waals surface area contributed by atoms with Gasteiger partial charge in [-0.15, -0.1) is 0 Å². The molecular formula is C24H29N5O. The molecule has 2 aliphatic rings. The van der Waals surface area contributed by atoms with Gasteiger partial charge in [-0.2, -0.15) is 0 Å². The Morgan fingerprint density at radius 1 is 1.10 bits per heavy atom. The van der Waals surface area contributed by atoms with Crippen LogP contribution in [0.2, 0.25) is 0 Å². The van der Waals surface area contributed by atoms with E-state index in [1.807, 2.05) is 13.0 Å². The maximum atomic E-state index is 10.4. The van der Waals surface area contributed by atoms with Crippen molar-refractivity contribution in [2.24, 2.45) is 10.7 Å². The molecule has 0 saturated carbocycles. The molecule has 30 heavy (non-hydrogen) atoms. The molecule has 6 heteroatoms. The Morgan fingerprint density at radius 3 is 2.60 bits per heavy atom. The molecule has 4 N–H and O–H groups in total. The maximum absolute atomic E-state index is 10.4. The first-order chi connectivity index (χ1) is 14.4. The lowest BCUT2D eigenvalue weighted by Crippen LogP contribution is -2.42. The van der Waals surface area contributed by atoms with Crippen molar-refractivity contribution in [3.8, 4) is 5.75 Å². The number of aromatic nitrogens is 1. The van der Waals surface area contributed by atoms with Crippen molar-refractivity contribution >= 4 is 11.6 Å². The number of aryl methyl sites for hydroxylation is 1. The summed E-state index contributed by atoms with van der Waals surface area (Å²) in [6.07, 6.45) is 5.30. The lowest BCUT2D eigenvalue weighted by atomic mass is 9.92. The predicted octanol–water partition coefficient (Wildman–Crippen LogP) is 3.52. The fraction of sp³-hybridized carbons (Fsp3) is 0.333. The standard InChI is InChI=1S/C24H29N5O/c1-15-12-16(2)23-21(13-15)29(14-20-22(30)9-4-17(3)26-20)24(28-23)27-19-7-5-18(6-8-19)10-11-25/h4-9,12-13,21,23,30H,10-11,14,25H2,1-3H3,(H,27,28). The van der Waals surface area contributed by atoms with Crippen molar-refractivity contribution < 1.29 is 5.11 Å². The molecule has 2 heterocycles. The predicted molar refractivity (Wildman–Crippen MR) is 122 cm³/mol. The second-order valence-corrected chi connectivity index (χ2v) is 8.09. The Kier molecular flexibility index (Phi) is 5.59. The lowest BCUT2D eigenvalue weighted by molar-refractivity contribution is 0.343. The molecule has 0 spiro atoms. The molecule has 2 atom stereocenters. The number of benzene rings is 1. The van der Waals surface area contributed by atoms with Crippen LogP contribution in [0.5, 0.6) is 5.75 Å². The molecule has 0 fully saturated rings. The Hall–Kier alpha value is -3.12. The second kappa shape index (κ2) is 8.32. The van der Waals surface area contributed by atoms with Gasteiger partial charge in [-0.05, 0) is 69.1 Å². The lowest BCUT2D eigenvalue weighted by Gasteiger charge is -2.31. The molecule has 0 saturated heterocycles. The smallest absolute Gasteiger partial charge is 0.200 e. The molecular weight excluding hydrogens is 374 g/mol. The van der Waals surface area contributed by atoms with Crippen LogP contribution in [0.25, 0.3) is 0 Å². The maximum Gasteiger partial charge on any atom is 0.200 e. The van der Waals surface area contributed by atoms with Crippen molar-refractivity contribution in [2.75, 3.05) is 11.9 Å². The molecule has 2 unspecified atom stereocenters. The van der Waals surface area contributed by atoms with E-state index >= 15 is 0 Å². The van der Waals surface area contributed by atoms with Crippen LogP contribution in [0, 0.1) is 6.92 Å². The Balaban J connectivity index is 1.64. The van der Waals surface area contributed by atoms with Crippen LogP contribution >= 0.6 is 0 Å². The number of rotatable bonds is 5. The molecule has 4 rings (SSSR count). The fourth-order valence-corrected chi connectivity index (χ4v) is 4.12. The van der Waals surface area contributed by atoms with E-state index in [4.69, 9.17) is 10.7 Å². The van der Waals surface area contributed by atoms with E-state index in [9.17, 15) is 5.11 Å². The summed E-state index contributed by atoms with van der Waals surface area (Å²) >= 11 is 0. The minimum atomic E-state index is 0.0552. The number of hydrogen-bond donors (Lipinski definition) is 3. The molecule has 0 bridgehead atoms. The number of aromatic hydroxyl groups is 1. The van der Waals surface area contributed by atoms with E-state index in [2.05, 4.69) is 65.5 Å². The molecule has 2 aromatic rings. The molecule has 1 aromatic carbocycles. The summed E-state index contributed by atoms with van der Waals surface area (Å²) in [5.74, 6) is 0.997. The first-order valence-corrected chi connectivity index (χ1v) is 10.4. The van der Waals surface area contributed by atoms with Crippen LogP contribution in [-0.4, -0.2) is 39.6 Å². The highest BCUT2D eigenvalue weighted by atomic mass is 16.3. The van der Waals surface area contributed by atoms with Gasteiger partial charge in [-0.3, -0.25) is 4.98 Å². The van der Waals surface area contributed by atoms with Crippen LogP contribution in [0.3, 0.4) is 0 Å². The van der Waals surface area contributed by atoms with Crippen molar-refractivity contribution in [1.82, 2.24) is 9.88 Å². The van der Waals surface area contributed by atoms with Gasteiger partial charge in [0, 0.05) is 11.4 Å².